The van der Waals surface area contributed by atoms with Crippen molar-refractivity contribution in [3.63, 3.8) is 0 Å². The average Bonchev–Trinajstić information content (AvgIpc) is 2.38. The van der Waals surface area contributed by atoms with E-state index in [1.807, 2.05) is 6.92 Å². The van der Waals surface area contributed by atoms with Crippen LogP contribution in [0.25, 0.3) is 0 Å². The van der Waals surface area contributed by atoms with Gasteiger partial charge < -0.3 is 15.6 Å². The molecule has 5 heteroatoms. The van der Waals surface area contributed by atoms with Crippen LogP contribution in [0.4, 0.5) is 5.82 Å². The van der Waals surface area contributed by atoms with E-state index in [2.05, 4.69) is 14.9 Å². The van der Waals surface area contributed by atoms with Crippen LogP contribution in [0, 0.1) is 5.92 Å². The van der Waals surface area contributed by atoms with Crippen LogP contribution in [-0.2, 0) is 6.42 Å². The van der Waals surface area contributed by atoms with Crippen LogP contribution in [0.3, 0.4) is 0 Å². The number of H-pyrrole nitrogens is 1. The van der Waals surface area contributed by atoms with Gasteiger partial charge in [0.1, 0.15) is 11.6 Å². The van der Waals surface area contributed by atoms with Gasteiger partial charge in [0.25, 0.3) is 5.56 Å². The smallest absolute Gasteiger partial charge is 0.252 e. The molecule has 0 aliphatic carbocycles. The molecule has 1 aliphatic heterocycles. The Morgan fingerprint density at radius 3 is 2.82 bits per heavy atom. The van der Waals surface area contributed by atoms with Crippen molar-refractivity contribution in [1.29, 1.82) is 0 Å². The van der Waals surface area contributed by atoms with Gasteiger partial charge in [-0.15, -0.1) is 0 Å². The predicted molar refractivity (Wildman–Crippen MR) is 68.2 cm³/mol. The van der Waals surface area contributed by atoms with Gasteiger partial charge >= 0.3 is 0 Å². The van der Waals surface area contributed by atoms with Crippen LogP contribution in [0.5, 0.6) is 0 Å². The molecule has 3 N–H and O–H groups in total. The molecule has 0 atom stereocenters. The molecule has 0 spiro atoms. The number of anilines is 1. The number of nitrogens with zero attached hydrogens (tertiary/aromatic N) is 2. The third-order valence-electron chi connectivity index (χ3n) is 3.38. The molecule has 1 saturated heterocycles. The Kier molecular flexibility index (Phi) is 3.78. The second kappa shape index (κ2) is 5.31. The molecule has 0 aromatic carbocycles. The predicted octanol–water partition coefficient (Wildman–Crippen LogP) is 0.507. The highest BCUT2D eigenvalue weighted by atomic mass is 16.1. The van der Waals surface area contributed by atoms with E-state index in [-0.39, 0.29) is 5.56 Å². The summed E-state index contributed by atoms with van der Waals surface area (Å²) in [6.07, 6.45) is 2.93. The maximum absolute atomic E-state index is 11.5. The first-order valence-electron chi connectivity index (χ1n) is 6.28. The molecule has 2 rings (SSSR count). The third-order valence-corrected chi connectivity index (χ3v) is 3.38. The Morgan fingerprint density at radius 2 is 2.24 bits per heavy atom. The molecule has 94 valence electrons. The van der Waals surface area contributed by atoms with Crippen molar-refractivity contribution in [2.75, 3.05) is 24.5 Å². The van der Waals surface area contributed by atoms with Crippen molar-refractivity contribution < 1.29 is 0 Å². The van der Waals surface area contributed by atoms with Crippen molar-refractivity contribution in [3.05, 3.63) is 22.2 Å². The molecule has 0 unspecified atom stereocenters. The van der Waals surface area contributed by atoms with Gasteiger partial charge in [-0.25, -0.2) is 4.98 Å². The topological polar surface area (TPSA) is 75.0 Å². The lowest BCUT2D eigenvalue weighted by Gasteiger charge is -2.32. The maximum atomic E-state index is 11.5. The largest absolute Gasteiger partial charge is 0.356 e. The summed E-state index contributed by atoms with van der Waals surface area (Å²) in [6, 6.07) is 1.59. The van der Waals surface area contributed by atoms with E-state index < -0.39 is 0 Å². The standard InChI is InChI=1S/C12H20N4O/c1-2-10-14-11(7-12(17)15-10)16-5-3-9(8-13)4-6-16/h7,9H,2-6,8,13H2,1H3,(H,14,15,17). The van der Waals surface area contributed by atoms with Crippen molar-refractivity contribution in [2.45, 2.75) is 26.2 Å². The van der Waals surface area contributed by atoms with E-state index in [0.29, 0.717) is 5.92 Å². The number of nitrogens with one attached hydrogen (secondary N) is 1. The third kappa shape index (κ3) is 2.85. The molecule has 0 amide bonds. The SMILES string of the molecule is CCc1nc(N2CCC(CN)CC2)cc(=O)[nH]1. The maximum Gasteiger partial charge on any atom is 0.252 e. The Bertz CT molecular complexity index is 421. The minimum Gasteiger partial charge on any atom is -0.356 e. The highest BCUT2D eigenvalue weighted by Crippen LogP contribution is 2.20. The molecule has 5 nitrogen and oxygen atoms in total. The summed E-state index contributed by atoms with van der Waals surface area (Å²) in [5.41, 5.74) is 5.61. The normalized spacial score (nSPS) is 17.4. The molecule has 17 heavy (non-hydrogen) atoms. The number of aromatic nitrogens is 2. The van der Waals surface area contributed by atoms with Gasteiger partial charge in [0.05, 0.1) is 0 Å². The average molecular weight is 236 g/mol. The lowest BCUT2D eigenvalue weighted by molar-refractivity contribution is 0.412. The zero-order chi connectivity index (χ0) is 12.3. The molecule has 2 heterocycles. The van der Waals surface area contributed by atoms with Gasteiger partial charge in [0.15, 0.2) is 0 Å². The summed E-state index contributed by atoms with van der Waals surface area (Å²) in [7, 11) is 0. The number of hydrogen-bond donors (Lipinski definition) is 2. The van der Waals surface area contributed by atoms with Gasteiger partial charge in [0.2, 0.25) is 0 Å². The van der Waals surface area contributed by atoms with Gasteiger partial charge in [-0.2, -0.15) is 0 Å². The minimum atomic E-state index is -0.0622. The fourth-order valence-corrected chi connectivity index (χ4v) is 2.22. The number of aromatic amines is 1. The zero-order valence-corrected chi connectivity index (χ0v) is 10.3. The Morgan fingerprint density at radius 1 is 1.53 bits per heavy atom. The quantitative estimate of drug-likeness (QED) is 0.801. The van der Waals surface area contributed by atoms with Crippen LogP contribution in [0.15, 0.2) is 10.9 Å². The zero-order valence-electron chi connectivity index (χ0n) is 10.3. The lowest BCUT2D eigenvalue weighted by Crippen LogP contribution is -2.37. The van der Waals surface area contributed by atoms with Crippen LogP contribution < -0.4 is 16.2 Å². The van der Waals surface area contributed by atoms with Gasteiger partial charge in [0, 0.05) is 25.6 Å². The molecule has 0 saturated carbocycles. The van der Waals surface area contributed by atoms with Gasteiger partial charge in [-0.3, -0.25) is 4.79 Å². The minimum absolute atomic E-state index is 0.0622. The summed E-state index contributed by atoms with van der Waals surface area (Å²) >= 11 is 0. The van der Waals surface area contributed by atoms with E-state index in [9.17, 15) is 4.79 Å². The first-order chi connectivity index (χ1) is 8.22. The number of piperidine rings is 1. The first-order valence-corrected chi connectivity index (χ1v) is 6.28. The molecule has 1 fully saturated rings. The second-order valence-electron chi connectivity index (χ2n) is 4.57. The number of nitrogens with two attached hydrogens (primary N) is 1. The van der Waals surface area contributed by atoms with E-state index >= 15 is 0 Å². The highest BCUT2D eigenvalue weighted by Gasteiger charge is 2.19. The van der Waals surface area contributed by atoms with Crippen LogP contribution >= 0.6 is 0 Å². The molecule has 1 aromatic rings. The van der Waals surface area contributed by atoms with Crippen LogP contribution in [0.2, 0.25) is 0 Å². The molecule has 1 aliphatic rings. The van der Waals surface area contributed by atoms with Crippen molar-refractivity contribution >= 4 is 5.82 Å². The summed E-state index contributed by atoms with van der Waals surface area (Å²) in [5.74, 6) is 2.19. The van der Waals surface area contributed by atoms with Crippen LogP contribution in [-0.4, -0.2) is 29.6 Å². The van der Waals surface area contributed by atoms with E-state index in [4.69, 9.17) is 5.73 Å². The molecule has 0 radical (unpaired) electrons. The molecule has 0 bridgehead atoms. The van der Waals surface area contributed by atoms with Gasteiger partial charge in [-0.1, -0.05) is 6.92 Å². The highest BCUT2D eigenvalue weighted by molar-refractivity contribution is 5.37. The fourth-order valence-electron chi connectivity index (χ4n) is 2.22. The Balaban J connectivity index is 2.12. The van der Waals surface area contributed by atoms with Crippen molar-refractivity contribution in [3.8, 4) is 0 Å². The summed E-state index contributed by atoms with van der Waals surface area (Å²) in [6.45, 7) is 4.64. The Labute approximate surface area is 101 Å². The van der Waals surface area contributed by atoms with E-state index in [1.54, 1.807) is 6.07 Å². The van der Waals surface area contributed by atoms with E-state index in [0.717, 1.165) is 50.5 Å². The van der Waals surface area contributed by atoms with Crippen molar-refractivity contribution in [1.82, 2.24) is 9.97 Å². The number of hydrogen-bond acceptors (Lipinski definition) is 4. The lowest BCUT2D eigenvalue weighted by atomic mass is 9.97. The van der Waals surface area contributed by atoms with E-state index in [1.165, 1.54) is 0 Å². The number of aryl methyl sites for hydroxylation is 1. The first kappa shape index (κ1) is 12.1. The monoisotopic (exact) mass is 236 g/mol. The second-order valence-corrected chi connectivity index (χ2v) is 4.57. The fraction of sp³-hybridized carbons (Fsp3) is 0.667. The molecular weight excluding hydrogens is 216 g/mol. The summed E-state index contributed by atoms with van der Waals surface area (Å²) in [4.78, 5) is 20.9. The van der Waals surface area contributed by atoms with Gasteiger partial charge in [-0.05, 0) is 25.3 Å². The summed E-state index contributed by atoms with van der Waals surface area (Å²) < 4.78 is 0. The molecular formula is C12H20N4O. The Hall–Kier alpha value is -1.36. The van der Waals surface area contributed by atoms with Crippen LogP contribution in [0.1, 0.15) is 25.6 Å². The van der Waals surface area contributed by atoms with Crippen molar-refractivity contribution in [2.24, 2.45) is 11.7 Å². The number of rotatable bonds is 3. The summed E-state index contributed by atoms with van der Waals surface area (Å²) in [5, 5.41) is 0. The molecule has 1 aromatic heterocycles.